The molecule has 0 saturated heterocycles. The Morgan fingerprint density at radius 2 is 1.92 bits per heavy atom. The first kappa shape index (κ1) is 9.22. The maximum Gasteiger partial charge on any atom is 0.0636 e. The summed E-state index contributed by atoms with van der Waals surface area (Å²) in [7, 11) is 0. The maximum atomic E-state index is 9.86. The van der Waals surface area contributed by atoms with Crippen molar-refractivity contribution in [2.75, 3.05) is 6.61 Å². The van der Waals surface area contributed by atoms with Gasteiger partial charge in [-0.25, -0.2) is 0 Å². The van der Waals surface area contributed by atoms with Gasteiger partial charge in [0.05, 0.1) is 6.10 Å². The number of unbranched alkanes of at least 4 members (excludes halogenated alkanes) is 1. The van der Waals surface area contributed by atoms with Crippen molar-refractivity contribution in [3.63, 3.8) is 0 Å². The molecule has 0 aromatic carbocycles. The van der Waals surface area contributed by atoms with E-state index in [1.807, 2.05) is 0 Å². The topological polar surface area (TPSA) is 40.5 Å². The zero-order chi connectivity index (χ0) is 9.26. The number of hydrogen-bond donors (Lipinski definition) is 2. The molecule has 0 radical (unpaired) electrons. The van der Waals surface area contributed by atoms with Gasteiger partial charge in [0.2, 0.25) is 0 Å². The smallest absolute Gasteiger partial charge is 0.0636 e. The summed E-state index contributed by atoms with van der Waals surface area (Å²) in [5.41, 5.74) is 0. The Morgan fingerprint density at radius 1 is 1.15 bits per heavy atom. The molecule has 2 nitrogen and oxygen atoms in total. The van der Waals surface area contributed by atoms with Crippen LogP contribution in [0.5, 0.6) is 0 Å². The van der Waals surface area contributed by atoms with Crippen LogP contribution in [0.1, 0.15) is 25.7 Å². The van der Waals surface area contributed by atoms with Crippen molar-refractivity contribution in [1.82, 2.24) is 0 Å². The highest BCUT2D eigenvalue weighted by molar-refractivity contribution is 5.13. The van der Waals surface area contributed by atoms with Crippen LogP contribution < -0.4 is 0 Å². The number of hydrogen-bond acceptors (Lipinski definition) is 2. The standard InChI is InChI=1S/C11H18O2/c12-6-2-1-3-10-8-4-5-9(7-8)11(10)13/h4-5,8-13H,1-3,6-7H2. The lowest BCUT2D eigenvalue weighted by Gasteiger charge is -2.23. The molecule has 1 fully saturated rings. The molecule has 2 bridgehead atoms. The first-order valence-corrected chi connectivity index (χ1v) is 5.30. The molecule has 2 N–H and O–H groups in total. The van der Waals surface area contributed by atoms with E-state index in [0.29, 0.717) is 17.8 Å². The highest BCUT2D eigenvalue weighted by Gasteiger charge is 2.42. The van der Waals surface area contributed by atoms with E-state index in [4.69, 9.17) is 5.11 Å². The number of allylic oxidation sites excluding steroid dienone is 1. The lowest BCUT2D eigenvalue weighted by molar-refractivity contribution is 0.0893. The molecule has 4 unspecified atom stereocenters. The van der Waals surface area contributed by atoms with Gasteiger partial charge in [-0.2, -0.15) is 0 Å². The average molecular weight is 182 g/mol. The summed E-state index contributed by atoms with van der Waals surface area (Å²) in [5.74, 6) is 1.53. The minimum Gasteiger partial charge on any atom is -0.396 e. The molecule has 13 heavy (non-hydrogen) atoms. The molecule has 74 valence electrons. The molecule has 0 spiro atoms. The Balaban J connectivity index is 1.83. The fraction of sp³-hybridized carbons (Fsp3) is 0.818. The molecule has 2 aliphatic rings. The van der Waals surface area contributed by atoms with Crippen molar-refractivity contribution in [2.24, 2.45) is 17.8 Å². The predicted octanol–water partition coefficient (Wildman–Crippen LogP) is 1.33. The highest BCUT2D eigenvalue weighted by Crippen LogP contribution is 2.45. The largest absolute Gasteiger partial charge is 0.396 e. The van der Waals surface area contributed by atoms with E-state index in [-0.39, 0.29) is 12.7 Å². The third kappa shape index (κ3) is 1.65. The van der Waals surface area contributed by atoms with Gasteiger partial charge in [0.25, 0.3) is 0 Å². The van der Waals surface area contributed by atoms with Crippen LogP contribution in [0.3, 0.4) is 0 Å². The number of aliphatic hydroxyl groups is 2. The van der Waals surface area contributed by atoms with Gasteiger partial charge in [-0.1, -0.05) is 18.6 Å². The number of fused-ring (bicyclic) bond motifs is 2. The monoisotopic (exact) mass is 182 g/mol. The van der Waals surface area contributed by atoms with E-state index in [0.717, 1.165) is 25.7 Å². The Labute approximate surface area is 79.3 Å². The molecule has 2 rings (SSSR count). The summed E-state index contributed by atoms with van der Waals surface area (Å²) in [6.45, 7) is 0.284. The second-order valence-electron chi connectivity index (χ2n) is 4.32. The molecule has 4 atom stereocenters. The van der Waals surface area contributed by atoms with Gasteiger partial charge in [-0.05, 0) is 31.1 Å². The molecule has 2 aliphatic carbocycles. The second kappa shape index (κ2) is 3.81. The van der Waals surface area contributed by atoms with E-state index in [2.05, 4.69) is 12.2 Å². The Bertz CT molecular complexity index is 200. The van der Waals surface area contributed by atoms with Gasteiger partial charge in [0, 0.05) is 12.5 Å². The molecule has 1 saturated carbocycles. The van der Waals surface area contributed by atoms with E-state index in [1.54, 1.807) is 0 Å². The van der Waals surface area contributed by atoms with Gasteiger partial charge in [-0.15, -0.1) is 0 Å². The number of rotatable bonds is 4. The van der Waals surface area contributed by atoms with Crippen molar-refractivity contribution in [3.05, 3.63) is 12.2 Å². The predicted molar refractivity (Wildman–Crippen MR) is 51.2 cm³/mol. The summed E-state index contributed by atoms with van der Waals surface area (Å²) in [4.78, 5) is 0. The van der Waals surface area contributed by atoms with Gasteiger partial charge in [0.1, 0.15) is 0 Å². The maximum absolute atomic E-state index is 9.86. The molecule has 0 aliphatic heterocycles. The van der Waals surface area contributed by atoms with Crippen LogP contribution in [0.2, 0.25) is 0 Å². The van der Waals surface area contributed by atoms with Gasteiger partial charge < -0.3 is 10.2 Å². The second-order valence-corrected chi connectivity index (χ2v) is 4.32. The third-order valence-corrected chi connectivity index (χ3v) is 3.52. The van der Waals surface area contributed by atoms with Crippen molar-refractivity contribution >= 4 is 0 Å². The minimum absolute atomic E-state index is 0.103. The molecular weight excluding hydrogens is 164 g/mol. The Kier molecular flexibility index (Phi) is 2.70. The van der Waals surface area contributed by atoms with Crippen LogP contribution in [0.15, 0.2) is 12.2 Å². The first-order valence-electron chi connectivity index (χ1n) is 5.30. The average Bonchev–Trinajstić information content (AvgIpc) is 2.69. The molecule has 0 aromatic heterocycles. The van der Waals surface area contributed by atoms with Gasteiger partial charge in [-0.3, -0.25) is 0 Å². The van der Waals surface area contributed by atoms with Crippen LogP contribution >= 0.6 is 0 Å². The lowest BCUT2D eigenvalue weighted by atomic mass is 9.87. The molecule has 0 aromatic rings. The molecule has 0 amide bonds. The summed E-state index contributed by atoms with van der Waals surface area (Å²) in [5, 5.41) is 18.5. The fourth-order valence-electron chi connectivity index (χ4n) is 2.78. The summed E-state index contributed by atoms with van der Waals surface area (Å²) >= 11 is 0. The molecule has 0 heterocycles. The molecular formula is C11H18O2. The van der Waals surface area contributed by atoms with Crippen molar-refractivity contribution in [3.8, 4) is 0 Å². The first-order chi connectivity index (χ1) is 6.33. The Morgan fingerprint density at radius 3 is 2.54 bits per heavy atom. The zero-order valence-corrected chi connectivity index (χ0v) is 7.89. The number of aliphatic hydroxyl groups excluding tert-OH is 2. The lowest BCUT2D eigenvalue weighted by Crippen LogP contribution is -2.24. The van der Waals surface area contributed by atoms with Crippen LogP contribution in [0.4, 0.5) is 0 Å². The molecule has 2 heteroatoms. The van der Waals surface area contributed by atoms with E-state index in [1.165, 1.54) is 0 Å². The van der Waals surface area contributed by atoms with E-state index >= 15 is 0 Å². The highest BCUT2D eigenvalue weighted by atomic mass is 16.3. The van der Waals surface area contributed by atoms with Crippen LogP contribution in [0, 0.1) is 17.8 Å². The summed E-state index contributed by atoms with van der Waals surface area (Å²) < 4.78 is 0. The van der Waals surface area contributed by atoms with Gasteiger partial charge >= 0.3 is 0 Å². The fourth-order valence-corrected chi connectivity index (χ4v) is 2.78. The van der Waals surface area contributed by atoms with Crippen LogP contribution in [-0.4, -0.2) is 22.9 Å². The summed E-state index contributed by atoms with van der Waals surface area (Å²) in [6, 6.07) is 0. The van der Waals surface area contributed by atoms with Crippen molar-refractivity contribution in [2.45, 2.75) is 31.8 Å². The third-order valence-electron chi connectivity index (χ3n) is 3.52. The normalized spacial score (nSPS) is 41.7. The minimum atomic E-state index is -0.103. The van der Waals surface area contributed by atoms with Crippen molar-refractivity contribution in [1.29, 1.82) is 0 Å². The zero-order valence-electron chi connectivity index (χ0n) is 7.89. The quantitative estimate of drug-likeness (QED) is 0.508. The van der Waals surface area contributed by atoms with Crippen LogP contribution in [-0.2, 0) is 0 Å². The SMILES string of the molecule is OCCCCC1C2C=CC(C2)C1O. The van der Waals surface area contributed by atoms with Gasteiger partial charge in [0.15, 0.2) is 0 Å². The van der Waals surface area contributed by atoms with E-state index in [9.17, 15) is 5.11 Å². The van der Waals surface area contributed by atoms with E-state index < -0.39 is 0 Å². The summed E-state index contributed by atoms with van der Waals surface area (Å²) in [6.07, 6.45) is 8.49. The van der Waals surface area contributed by atoms with Crippen LogP contribution in [0.25, 0.3) is 0 Å². The van der Waals surface area contributed by atoms with Crippen molar-refractivity contribution < 1.29 is 10.2 Å². The Hall–Kier alpha value is -0.340.